The Morgan fingerprint density at radius 2 is 2.11 bits per heavy atom. The Balaban J connectivity index is 2.83. The lowest BCUT2D eigenvalue weighted by atomic mass is 10.2. The summed E-state index contributed by atoms with van der Waals surface area (Å²) < 4.78 is 5.32. The second-order valence-electron chi connectivity index (χ2n) is 4.30. The van der Waals surface area contributed by atoms with Crippen LogP contribution >= 0.6 is 11.8 Å². The van der Waals surface area contributed by atoms with E-state index in [4.69, 9.17) is 9.52 Å². The molecule has 5 nitrogen and oxygen atoms in total. The first kappa shape index (κ1) is 14.6. The predicted molar refractivity (Wildman–Crippen MR) is 68.9 cm³/mol. The quantitative estimate of drug-likeness (QED) is 0.803. The van der Waals surface area contributed by atoms with Gasteiger partial charge in [0.05, 0.1) is 0 Å². The van der Waals surface area contributed by atoms with E-state index in [0.717, 1.165) is 0 Å². The summed E-state index contributed by atoms with van der Waals surface area (Å²) in [5, 5.41) is 9.45. The maximum absolute atomic E-state index is 12.1. The number of carboxylic acids is 1. The van der Waals surface area contributed by atoms with Crippen LogP contribution in [0.25, 0.3) is 0 Å². The smallest absolute Gasteiger partial charge is 0.323 e. The highest BCUT2D eigenvalue weighted by molar-refractivity contribution is 7.98. The minimum absolute atomic E-state index is 0.182. The van der Waals surface area contributed by atoms with Crippen molar-refractivity contribution in [2.45, 2.75) is 18.9 Å². The molecule has 0 radical (unpaired) electrons. The molecule has 0 aliphatic heterocycles. The van der Waals surface area contributed by atoms with Gasteiger partial charge in [-0.3, -0.25) is 9.59 Å². The molecule has 0 unspecified atom stereocenters. The van der Waals surface area contributed by atoms with Crippen LogP contribution in [0.2, 0.25) is 0 Å². The molecular weight excluding hydrogens is 254 g/mol. The van der Waals surface area contributed by atoms with Gasteiger partial charge in [-0.2, -0.15) is 0 Å². The van der Waals surface area contributed by atoms with Gasteiger partial charge in [-0.25, -0.2) is 0 Å². The van der Waals surface area contributed by atoms with Gasteiger partial charge in [-0.1, -0.05) is 25.6 Å². The van der Waals surface area contributed by atoms with Crippen LogP contribution in [0, 0.1) is 5.92 Å². The molecule has 18 heavy (non-hydrogen) atoms. The molecule has 0 spiro atoms. The minimum Gasteiger partial charge on any atom is -0.480 e. The van der Waals surface area contributed by atoms with E-state index in [1.54, 1.807) is 12.1 Å². The van der Waals surface area contributed by atoms with E-state index >= 15 is 0 Å². The molecule has 1 N–H and O–H groups in total. The van der Waals surface area contributed by atoms with E-state index in [1.807, 2.05) is 20.1 Å². The average molecular weight is 271 g/mol. The Morgan fingerprint density at radius 1 is 1.44 bits per heavy atom. The van der Waals surface area contributed by atoms with E-state index in [-0.39, 0.29) is 24.1 Å². The van der Waals surface area contributed by atoms with E-state index in [2.05, 4.69) is 0 Å². The molecule has 1 aromatic heterocycles. The van der Waals surface area contributed by atoms with Gasteiger partial charge in [0.2, 0.25) is 0 Å². The number of carbonyl (C=O) groups excluding carboxylic acids is 1. The molecule has 6 heteroatoms. The molecule has 0 bridgehead atoms. The maximum Gasteiger partial charge on any atom is 0.323 e. The number of nitrogens with zero attached hydrogens (tertiary/aromatic N) is 1. The Kier molecular flexibility index (Phi) is 5.27. The summed E-state index contributed by atoms with van der Waals surface area (Å²) in [5.74, 6) is -1.03. The molecule has 0 aromatic carbocycles. The highest BCUT2D eigenvalue weighted by atomic mass is 32.2. The van der Waals surface area contributed by atoms with Crippen molar-refractivity contribution >= 4 is 23.6 Å². The molecular formula is C12H17NO4S. The molecule has 0 saturated carbocycles. The monoisotopic (exact) mass is 271 g/mol. The molecule has 1 rings (SSSR count). The number of hydrogen-bond acceptors (Lipinski definition) is 4. The summed E-state index contributed by atoms with van der Waals surface area (Å²) in [7, 11) is 0. The summed E-state index contributed by atoms with van der Waals surface area (Å²) in [6.45, 7) is 3.93. The zero-order chi connectivity index (χ0) is 13.7. The molecule has 1 amide bonds. The number of aliphatic carboxylic acids is 1. The van der Waals surface area contributed by atoms with Gasteiger partial charge < -0.3 is 14.4 Å². The van der Waals surface area contributed by atoms with Crippen LogP contribution in [0.1, 0.15) is 24.4 Å². The first-order valence-corrected chi connectivity index (χ1v) is 6.81. The number of thioether (sulfide) groups is 1. The van der Waals surface area contributed by atoms with E-state index in [1.165, 1.54) is 16.7 Å². The van der Waals surface area contributed by atoms with Crippen molar-refractivity contribution in [1.29, 1.82) is 0 Å². The van der Waals surface area contributed by atoms with Gasteiger partial charge in [0.15, 0.2) is 10.9 Å². The average Bonchev–Trinajstić information content (AvgIpc) is 2.74. The second-order valence-corrected chi connectivity index (χ2v) is 5.11. The van der Waals surface area contributed by atoms with Gasteiger partial charge in [-0.05, 0) is 24.3 Å². The molecule has 100 valence electrons. The first-order valence-electron chi connectivity index (χ1n) is 5.59. The topological polar surface area (TPSA) is 70.8 Å². The van der Waals surface area contributed by atoms with Gasteiger partial charge in [0, 0.05) is 6.54 Å². The number of rotatable bonds is 6. The molecule has 0 atom stereocenters. The van der Waals surface area contributed by atoms with Gasteiger partial charge in [0.25, 0.3) is 5.91 Å². The van der Waals surface area contributed by atoms with Gasteiger partial charge in [0.1, 0.15) is 6.54 Å². The van der Waals surface area contributed by atoms with E-state index in [9.17, 15) is 9.59 Å². The lowest BCUT2D eigenvalue weighted by molar-refractivity contribution is -0.137. The highest BCUT2D eigenvalue weighted by Crippen LogP contribution is 2.19. The van der Waals surface area contributed by atoms with E-state index in [0.29, 0.717) is 11.6 Å². The Labute approximate surface area is 110 Å². The van der Waals surface area contributed by atoms with Crippen molar-refractivity contribution in [2.75, 3.05) is 19.3 Å². The largest absolute Gasteiger partial charge is 0.480 e. The third kappa shape index (κ3) is 4.10. The maximum atomic E-state index is 12.1. The number of carboxylic acid groups (broad SMARTS) is 1. The summed E-state index contributed by atoms with van der Waals surface area (Å²) in [4.78, 5) is 24.2. The van der Waals surface area contributed by atoms with Crippen LogP contribution in [0.5, 0.6) is 0 Å². The Morgan fingerprint density at radius 3 is 2.56 bits per heavy atom. The highest BCUT2D eigenvalue weighted by Gasteiger charge is 2.22. The number of hydrogen-bond donors (Lipinski definition) is 1. The fourth-order valence-corrected chi connectivity index (χ4v) is 1.90. The number of amides is 1. The van der Waals surface area contributed by atoms with Crippen molar-refractivity contribution in [3.63, 3.8) is 0 Å². The first-order chi connectivity index (χ1) is 8.43. The van der Waals surface area contributed by atoms with Crippen molar-refractivity contribution in [1.82, 2.24) is 4.90 Å². The molecule has 1 aromatic rings. The lowest BCUT2D eigenvalue weighted by Crippen LogP contribution is -2.38. The van der Waals surface area contributed by atoms with Crippen LogP contribution in [0.4, 0.5) is 0 Å². The van der Waals surface area contributed by atoms with Crippen LogP contribution < -0.4 is 0 Å². The number of furan rings is 1. The third-order valence-corrected chi connectivity index (χ3v) is 2.81. The van der Waals surface area contributed by atoms with Crippen LogP contribution in [-0.4, -0.2) is 41.2 Å². The SMILES string of the molecule is CSc1ccc(C(=O)N(CC(=O)O)CC(C)C)o1. The number of carbonyl (C=O) groups is 2. The Hall–Kier alpha value is -1.43. The van der Waals surface area contributed by atoms with Crippen molar-refractivity contribution in [3.8, 4) is 0 Å². The fraction of sp³-hybridized carbons (Fsp3) is 0.500. The van der Waals surface area contributed by atoms with Crippen LogP contribution in [-0.2, 0) is 4.79 Å². The van der Waals surface area contributed by atoms with Crippen LogP contribution in [0.3, 0.4) is 0 Å². The minimum atomic E-state index is -1.03. The molecule has 0 aliphatic rings. The van der Waals surface area contributed by atoms with Crippen molar-refractivity contribution < 1.29 is 19.1 Å². The molecule has 0 aliphatic carbocycles. The predicted octanol–water partition coefficient (Wildman–Crippen LogP) is 2.18. The molecule has 0 saturated heterocycles. The fourth-order valence-electron chi connectivity index (χ4n) is 1.52. The van der Waals surface area contributed by atoms with Gasteiger partial charge >= 0.3 is 5.97 Å². The van der Waals surface area contributed by atoms with Crippen molar-refractivity contribution in [2.24, 2.45) is 5.92 Å². The summed E-state index contributed by atoms with van der Waals surface area (Å²) in [6.07, 6.45) is 1.84. The standard InChI is InChI=1S/C12H17NO4S/c1-8(2)6-13(7-10(14)15)12(16)9-4-5-11(17-9)18-3/h4-5,8H,6-7H2,1-3H3,(H,14,15). The van der Waals surface area contributed by atoms with Gasteiger partial charge in [-0.15, -0.1) is 0 Å². The van der Waals surface area contributed by atoms with E-state index < -0.39 is 5.97 Å². The Bertz CT molecular complexity index is 427. The summed E-state index contributed by atoms with van der Waals surface area (Å²) in [6, 6.07) is 3.27. The van der Waals surface area contributed by atoms with Crippen molar-refractivity contribution in [3.05, 3.63) is 17.9 Å². The van der Waals surface area contributed by atoms with Crippen LogP contribution in [0.15, 0.2) is 21.6 Å². The third-order valence-electron chi connectivity index (χ3n) is 2.19. The lowest BCUT2D eigenvalue weighted by Gasteiger charge is -2.21. The zero-order valence-corrected chi connectivity index (χ0v) is 11.5. The summed E-state index contributed by atoms with van der Waals surface area (Å²) >= 11 is 1.39. The molecule has 1 heterocycles. The zero-order valence-electron chi connectivity index (χ0n) is 10.7. The normalized spacial score (nSPS) is 10.7. The summed E-state index contributed by atoms with van der Waals surface area (Å²) in [5.41, 5.74) is 0. The molecule has 0 fully saturated rings. The second kappa shape index (κ2) is 6.49.